The second-order valence-electron chi connectivity index (χ2n) is 11.3. The molecule has 232 valence electrons. The normalized spacial score (nSPS) is 16.6. The van der Waals surface area contributed by atoms with E-state index in [2.05, 4.69) is 29.6 Å². The lowest BCUT2D eigenvalue weighted by Gasteiger charge is -2.50. The molecule has 1 aliphatic heterocycles. The van der Waals surface area contributed by atoms with Gasteiger partial charge in [0.15, 0.2) is 0 Å². The quantitative estimate of drug-likeness (QED) is 0.168. The van der Waals surface area contributed by atoms with E-state index in [9.17, 15) is 14.4 Å². The van der Waals surface area contributed by atoms with E-state index in [0.717, 1.165) is 5.56 Å². The maximum absolute atomic E-state index is 14.3. The second kappa shape index (κ2) is 15.2. The highest BCUT2D eigenvalue weighted by Crippen LogP contribution is 2.33. The lowest BCUT2D eigenvalue weighted by atomic mass is 9.88. The first kappa shape index (κ1) is 31.5. The first-order valence-electron chi connectivity index (χ1n) is 15.5. The minimum Gasteiger partial charge on any atom is -0.337 e. The molecule has 45 heavy (non-hydrogen) atoms. The third-order valence-corrected chi connectivity index (χ3v) is 8.50. The summed E-state index contributed by atoms with van der Waals surface area (Å²) < 4.78 is 0. The number of nitrogens with one attached hydrogen (secondary N) is 1. The van der Waals surface area contributed by atoms with E-state index >= 15 is 0 Å². The molecule has 5 rings (SSSR count). The van der Waals surface area contributed by atoms with E-state index in [1.54, 1.807) is 10.0 Å². The van der Waals surface area contributed by atoms with Crippen LogP contribution in [0.1, 0.15) is 47.6 Å². The minimum atomic E-state index is -0.871. The zero-order chi connectivity index (χ0) is 31.6. The molecule has 1 unspecified atom stereocenters. The van der Waals surface area contributed by atoms with Gasteiger partial charge >= 0.3 is 6.03 Å². The summed E-state index contributed by atoms with van der Waals surface area (Å²) in [7, 11) is 1.82. The summed E-state index contributed by atoms with van der Waals surface area (Å²) in [6.45, 7) is 3.45. The van der Waals surface area contributed by atoms with Crippen LogP contribution in [-0.4, -0.2) is 71.0 Å². The highest BCUT2D eigenvalue weighted by molar-refractivity contribution is 5.87. The van der Waals surface area contributed by atoms with Crippen molar-refractivity contribution in [2.24, 2.45) is 0 Å². The summed E-state index contributed by atoms with van der Waals surface area (Å²) in [5.41, 5.74) is 4.02. The van der Waals surface area contributed by atoms with Crippen LogP contribution in [0.2, 0.25) is 0 Å². The van der Waals surface area contributed by atoms with E-state index < -0.39 is 12.2 Å². The molecule has 2 atom stereocenters. The predicted octanol–water partition coefficient (Wildman–Crippen LogP) is 5.66. The summed E-state index contributed by atoms with van der Waals surface area (Å²) >= 11 is 0. The van der Waals surface area contributed by atoms with Gasteiger partial charge in [0.25, 0.3) is 0 Å². The molecule has 1 saturated heterocycles. The molecule has 4 aromatic carbocycles. The van der Waals surface area contributed by atoms with Gasteiger partial charge in [-0.15, -0.1) is 0 Å². The fourth-order valence-corrected chi connectivity index (χ4v) is 6.05. The van der Waals surface area contributed by atoms with Crippen molar-refractivity contribution in [1.82, 2.24) is 25.1 Å². The SMILES string of the molecule is CCN(C)N(C(=O)NCc1ccccc1)C1CN(CCC(c2ccccc2)c2ccccc2)C(=O)[C@H](c2ccccc2)N1C=O. The Bertz CT molecular complexity index is 1480. The monoisotopic (exact) mass is 603 g/mol. The molecule has 0 bridgehead atoms. The highest BCUT2D eigenvalue weighted by Gasteiger charge is 2.45. The smallest absolute Gasteiger partial charge is 0.334 e. The average Bonchev–Trinajstić information content (AvgIpc) is 3.10. The Hall–Kier alpha value is -4.95. The molecule has 1 heterocycles. The molecule has 4 aromatic rings. The van der Waals surface area contributed by atoms with Gasteiger partial charge in [-0.25, -0.2) is 14.8 Å². The fourth-order valence-electron chi connectivity index (χ4n) is 6.05. The molecule has 1 aliphatic rings. The van der Waals surface area contributed by atoms with Gasteiger partial charge in [0, 0.05) is 32.6 Å². The van der Waals surface area contributed by atoms with Gasteiger partial charge in [0.05, 0.1) is 6.54 Å². The number of carbonyl (C=O) groups is 3. The first-order chi connectivity index (χ1) is 22.0. The Morgan fingerprint density at radius 1 is 0.867 bits per heavy atom. The summed E-state index contributed by atoms with van der Waals surface area (Å²) in [5.74, 6) is -0.0882. The average molecular weight is 604 g/mol. The number of benzene rings is 4. The summed E-state index contributed by atoms with van der Waals surface area (Å²) in [6.07, 6.45) is 0.659. The molecule has 0 aliphatic carbocycles. The maximum atomic E-state index is 14.3. The zero-order valence-electron chi connectivity index (χ0n) is 25.9. The van der Waals surface area contributed by atoms with Crippen molar-refractivity contribution in [3.8, 4) is 0 Å². The van der Waals surface area contributed by atoms with Crippen LogP contribution < -0.4 is 5.32 Å². The van der Waals surface area contributed by atoms with Gasteiger partial charge < -0.3 is 15.1 Å². The number of hydrogen-bond donors (Lipinski definition) is 1. The topological polar surface area (TPSA) is 76.2 Å². The number of nitrogens with zero attached hydrogens (tertiary/aromatic N) is 4. The molecule has 8 nitrogen and oxygen atoms in total. The van der Waals surface area contributed by atoms with Crippen molar-refractivity contribution in [2.75, 3.05) is 26.7 Å². The Morgan fingerprint density at radius 3 is 1.93 bits per heavy atom. The van der Waals surface area contributed by atoms with Crippen molar-refractivity contribution in [3.63, 3.8) is 0 Å². The van der Waals surface area contributed by atoms with Crippen LogP contribution in [0.3, 0.4) is 0 Å². The van der Waals surface area contributed by atoms with Crippen molar-refractivity contribution in [3.05, 3.63) is 144 Å². The lowest BCUT2D eigenvalue weighted by Crippen LogP contribution is -2.68. The first-order valence-corrected chi connectivity index (χ1v) is 15.5. The number of rotatable bonds is 12. The van der Waals surface area contributed by atoms with Gasteiger partial charge in [0.1, 0.15) is 12.2 Å². The predicted molar refractivity (Wildman–Crippen MR) is 176 cm³/mol. The number of piperazine rings is 1. The molecule has 0 aromatic heterocycles. The fraction of sp³-hybridized carbons (Fsp3) is 0.270. The third-order valence-electron chi connectivity index (χ3n) is 8.50. The van der Waals surface area contributed by atoms with Crippen LogP contribution in [0.4, 0.5) is 4.79 Å². The van der Waals surface area contributed by atoms with Crippen LogP contribution >= 0.6 is 0 Å². The standard InChI is InChI=1S/C37H41N5O3/c1-3-39(2)42(37(45)38-26-29-16-8-4-9-17-29)34-27-40(36(44)35(41(34)28-43)32-22-14-7-15-23-32)25-24-33(30-18-10-5-11-19-30)31-20-12-6-13-21-31/h4-23,28,33-35H,3,24-27H2,1-2H3,(H,38,45)/t34?,35-/m0/s1. The second-order valence-corrected chi connectivity index (χ2v) is 11.3. The molecule has 0 saturated carbocycles. The third kappa shape index (κ3) is 7.41. The Balaban J connectivity index is 1.47. The molecular weight excluding hydrogens is 562 g/mol. The van der Waals surface area contributed by atoms with Gasteiger partial charge in [-0.1, -0.05) is 128 Å². The van der Waals surface area contributed by atoms with Gasteiger partial charge in [-0.05, 0) is 28.7 Å². The Morgan fingerprint density at radius 2 is 1.40 bits per heavy atom. The lowest BCUT2D eigenvalue weighted by molar-refractivity contribution is -0.165. The van der Waals surface area contributed by atoms with Crippen LogP contribution in [0.5, 0.6) is 0 Å². The minimum absolute atomic E-state index is 0.0708. The van der Waals surface area contributed by atoms with E-state index in [1.807, 2.05) is 116 Å². The molecule has 0 spiro atoms. The van der Waals surface area contributed by atoms with Gasteiger partial charge in [0.2, 0.25) is 12.3 Å². The van der Waals surface area contributed by atoms with Gasteiger partial charge in [-0.2, -0.15) is 0 Å². The van der Waals surface area contributed by atoms with E-state index in [4.69, 9.17) is 0 Å². The molecule has 4 amide bonds. The number of amides is 4. The number of urea groups is 1. The van der Waals surface area contributed by atoms with Crippen LogP contribution in [0.15, 0.2) is 121 Å². The summed E-state index contributed by atoms with van der Waals surface area (Å²) in [6, 6.07) is 38.4. The highest BCUT2D eigenvalue weighted by atomic mass is 16.2. The van der Waals surface area contributed by atoms with Crippen molar-refractivity contribution in [2.45, 2.75) is 38.0 Å². The van der Waals surface area contributed by atoms with E-state index in [-0.39, 0.29) is 24.4 Å². The van der Waals surface area contributed by atoms with Crippen molar-refractivity contribution in [1.29, 1.82) is 0 Å². The molecule has 0 radical (unpaired) electrons. The molecule has 8 heteroatoms. The molecular formula is C37H41N5O3. The summed E-state index contributed by atoms with van der Waals surface area (Å²) in [4.78, 5) is 44.3. The molecule has 1 N–H and O–H groups in total. The van der Waals surface area contributed by atoms with E-state index in [1.165, 1.54) is 16.0 Å². The van der Waals surface area contributed by atoms with E-state index in [0.29, 0.717) is 38.0 Å². The largest absolute Gasteiger partial charge is 0.337 e. The van der Waals surface area contributed by atoms with Crippen molar-refractivity contribution < 1.29 is 14.4 Å². The summed E-state index contributed by atoms with van der Waals surface area (Å²) in [5, 5.41) is 6.41. The maximum Gasteiger partial charge on any atom is 0.334 e. The van der Waals surface area contributed by atoms with Crippen LogP contribution in [-0.2, 0) is 16.1 Å². The molecule has 1 fully saturated rings. The Kier molecular flexibility index (Phi) is 10.6. The van der Waals surface area contributed by atoms with Crippen molar-refractivity contribution >= 4 is 18.3 Å². The number of hydrogen-bond acceptors (Lipinski definition) is 4. The Labute approximate surface area is 265 Å². The number of carbonyl (C=O) groups excluding carboxylic acids is 3. The van der Waals surface area contributed by atoms with Crippen LogP contribution in [0, 0.1) is 0 Å². The number of hydrazine groups is 1. The van der Waals surface area contributed by atoms with Crippen LogP contribution in [0.25, 0.3) is 0 Å². The van der Waals surface area contributed by atoms with Gasteiger partial charge in [-0.3, -0.25) is 9.59 Å². The zero-order valence-corrected chi connectivity index (χ0v) is 25.9.